The summed E-state index contributed by atoms with van der Waals surface area (Å²) >= 11 is 1.75. The summed E-state index contributed by atoms with van der Waals surface area (Å²) in [7, 11) is 2.01. The average molecular weight is 536 g/mol. The van der Waals surface area contributed by atoms with Crippen molar-refractivity contribution in [3.8, 4) is 16.3 Å². The minimum absolute atomic E-state index is 0.141. The molecule has 0 unspecified atom stereocenters. The molecule has 0 amide bonds. The van der Waals surface area contributed by atoms with Gasteiger partial charge in [0.2, 0.25) is 0 Å². The van der Waals surface area contributed by atoms with Gasteiger partial charge in [-0.2, -0.15) is 0 Å². The number of carbonyl (C=O) groups is 2. The number of hydrogen-bond donors (Lipinski definition) is 0. The van der Waals surface area contributed by atoms with Gasteiger partial charge in [-0.3, -0.25) is 14.2 Å². The molecule has 0 saturated heterocycles. The van der Waals surface area contributed by atoms with Crippen LogP contribution in [0.4, 0.5) is 0 Å². The van der Waals surface area contributed by atoms with Gasteiger partial charge < -0.3 is 4.57 Å². The van der Waals surface area contributed by atoms with E-state index in [9.17, 15) is 9.59 Å². The summed E-state index contributed by atoms with van der Waals surface area (Å²) in [6.45, 7) is 0. The van der Waals surface area contributed by atoms with Crippen LogP contribution in [0.2, 0.25) is 0 Å². The summed E-state index contributed by atoms with van der Waals surface area (Å²) in [6.07, 6.45) is 1.65. The molecule has 6 heteroatoms. The molecular formula is C34H21N3O2S. The fraction of sp³-hybridized carbons (Fsp3) is 0.0294. The van der Waals surface area contributed by atoms with Crippen molar-refractivity contribution in [3.05, 3.63) is 126 Å². The van der Waals surface area contributed by atoms with Crippen molar-refractivity contribution < 1.29 is 9.59 Å². The number of hydrogen-bond acceptors (Lipinski definition) is 4. The maximum Gasteiger partial charge on any atom is 0.197 e. The summed E-state index contributed by atoms with van der Waals surface area (Å²) in [5, 5.41) is 3.09. The smallest absolute Gasteiger partial charge is 0.197 e. The van der Waals surface area contributed by atoms with Crippen molar-refractivity contribution in [2.24, 2.45) is 7.05 Å². The van der Waals surface area contributed by atoms with Crippen LogP contribution >= 0.6 is 11.3 Å². The SMILES string of the molecule is Cn1c(-c2cc3ccccc3s2)cc2c1nc(C=C1C(=O)c3cc4ccccc4cc3C1=O)n2-c1ccccc1. The summed E-state index contributed by atoms with van der Waals surface area (Å²) in [5.74, 6) is 0.0236. The number of carbonyl (C=O) groups excluding carboxylic acids is 2. The molecule has 0 fully saturated rings. The second-order valence-corrected chi connectivity index (χ2v) is 11.1. The van der Waals surface area contributed by atoms with E-state index in [0.29, 0.717) is 17.0 Å². The summed E-state index contributed by atoms with van der Waals surface area (Å²) in [5.41, 5.74) is 4.70. The van der Waals surface area contributed by atoms with Gasteiger partial charge in [0, 0.05) is 28.6 Å². The number of para-hydroxylation sites is 1. The van der Waals surface area contributed by atoms with Gasteiger partial charge in [0.05, 0.1) is 21.7 Å². The molecule has 4 aromatic carbocycles. The number of benzene rings is 4. The van der Waals surface area contributed by atoms with Crippen molar-refractivity contribution in [1.29, 1.82) is 0 Å². The number of rotatable bonds is 3. The number of Topliss-reactive ketones (excluding diaryl/α,β-unsaturated/α-hetero) is 2. The molecule has 0 bridgehead atoms. The molecule has 0 spiro atoms. The standard InChI is InChI=1S/C34H21N3O2S/c1-36-27(30-17-22-11-7-8-14-29(22)40-30)19-28-34(36)35-31(37(28)23-12-3-2-4-13-23)18-26-32(38)24-15-20-9-5-6-10-21(20)16-25(24)33(26)39/h2-19H,1H3. The Morgan fingerprint density at radius 1 is 0.725 bits per heavy atom. The molecule has 7 aromatic rings. The third-order valence-electron chi connectivity index (χ3n) is 7.70. The predicted molar refractivity (Wildman–Crippen MR) is 161 cm³/mol. The Morgan fingerprint density at radius 2 is 1.35 bits per heavy atom. The highest BCUT2D eigenvalue weighted by molar-refractivity contribution is 7.22. The van der Waals surface area contributed by atoms with Crippen molar-refractivity contribution in [2.75, 3.05) is 0 Å². The largest absolute Gasteiger partial charge is 0.326 e. The summed E-state index contributed by atoms with van der Waals surface area (Å²) < 4.78 is 5.35. The van der Waals surface area contributed by atoms with Crippen LogP contribution in [0.25, 0.3) is 54.4 Å². The van der Waals surface area contributed by atoms with E-state index >= 15 is 0 Å². The van der Waals surface area contributed by atoms with E-state index in [2.05, 4.69) is 41.0 Å². The first-order valence-corrected chi connectivity index (χ1v) is 13.8. The van der Waals surface area contributed by atoms with Crippen LogP contribution in [0.1, 0.15) is 26.5 Å². The number of allylic oxidation sites excluding steroid dienone is 1. The zero-order valence-corrected chi connectivity index (χ0v) is 22.3. The van der Waals surface area contributed by atoms with Crippen LogP contribution in [0, 0.1) is 0 Å². The van der Waals surface area contributed by atoms with E-state index in [4.69, 9.17) is 4.98 Å². The first-order chi connectivity index (χ1) is 19.6. The first kappa shape index (κ1) is 22.9. The molecule has 0 saturated carbocycles. The maximum atomic E-state index is 13.5. The number of aromatic nitrogens is 3. The van der Waals surface area contributed by atoms with Gasteiger partial charge in [-0.1, -0.05) is 60.7 Å². The van der Waals surface area contributed by atoms with Gasteiger partial charge in [-0.25, -0.2) is 4.98 Å². The van der Waals surface area contributed by atoms with E-state index in [1.165, 1.54) is 10.1 Å². The highest BCUT2D eigenvalue weighted by atomic mass is 32.1. The lowest BCUT2D eigenvalue weighted by Gasteiger charge is -2.07. The zero-order valence-electron chi connectivity index (χ0n) is 21.5. The van der Waals surface area contributed by atoms with Crippen molar-refractivity contribution in [1.82, 2.24) is 14.1 Å². The highest BCUT2D eigenvalue weighted by Crippen LogP contribution is 2.38. The Morgan fingerprint density at radius 3 is 2.02 bits per heavy atom. The minimum atomic E-state index is -0.261. The molecule has 5 nitrogen and oxygen atoms in total. The van der Waals surface area contributed by atoms with Crippen LogP contribution in [0.5, 0.6) is 0 Å². The Hall–Kier alpha value is -5.07. The average Bonchev–Trinajstić information content (AvgIpc) is 3.71. The fourth-order valence-electron chi connectivity index (χ4n) is 5.71. The lowest BCUT2D eigenvalue weighted by atomic mass is 10.0. The third-order valence-corrected chi connectivity index (χ3v) is 8.84. The Bertz CT molecular complexity index is 2120. The normalized spacial score (nSPS) is 13.2. The van der Waals surface area contributed by atoms with Gasteiger partial charge in [0.15, 0.2) is 17.2 Å². The van der Waals surface area contributed by atoms with E-state index < -0.39 is 0 Å². The summed E-state index contributed by atoms with van der Waals surface area (Å²) in [4.78, 5) is 33.2. The first-order valence-electron chi connectivity index (χ1n) is 13.0. The van der Waals surface area contributed by atoms with Crippen molar-refractivity contribution >= 4 is 61.0 Å². The van der Waals surface area contributed by atoms with Crippen LogP contribution in [0.15, 0.2) is 109 Å². The summed E-state index contributed by atoms with van der Waals surface area (Å²) in [6, 6.07) is 34.1. The van der Waals surface area contributed by atoms with Crippen molar-refractivity contribution in [3.63, 3.8) is 0 Å². The number of fused-ring (bicyclic) bond motifs is 4. The fourth-order valence-corrected chi connectivity index (χ4v) is 6.83. The number of imidazole rings is 1. The number of thiophene rings is 1. The molecule has 8 rings (SSSR count). The van der Waals surface area contributed by atoms with Gasteiger partial charge in [-0.15, -0.1) is 11.3 Å². The second kappa shape index (κ2) is 8.46. The monoisotopic (exact) mass is 535 g/mol. The predicted octanol–water partition coefficient (Wildman–Crippen LogP) is 7.86. The molecule has 1 aliphatic carbocycles. The molecular weight excluding hydrogens is 514 g/mol. The molecule has 0 atom stereocenters. The van der Waals surface area contributed by atoms with Crippen LogP contribution in [-0.4, -0.2) is 25.7 Å². The molecule has 0 radical (unpaired) electrons. The molecule has 0 aliphatic heterocycles. The molecule has 0 N–H and O–H groups in total. The molecule has 3 heterocycles. The van der Waals surface area contributed by atoms with Gasteiger partial charge in [0.1, 0.15) is 5.82 Å². The van der Waals surface area contributed by atoms with E-state index in [1.807, 2.05) is 78.3 Å². The molecule has 3 aromatic heterocycles. The Kier molecular flexibility index (Phi) is 4.84. The minimum Gasteiger partial charge on any atom is -0.326 e. The quantitative estimate of drug-likeness (QED) is 0.171. The van der Waals surface area contributed by atoms with E-state index in [1.54, 1.807) is 17.4 Å². The Labute approximate surface area is 233 Å². The van der Waals surface area contributed by atoms with Crippen LogP contribution in [0.3, 0.4) is 0 Å². The van der Waals surface area contributed by atoms with Crippen LogP contribution in [-0.2, 0) is 7.05 Å². The number of ketones is 2. The number of aryl methyl sites for hydroxylation is 1. The maximum absolute atomic E-state index is 13.5. The molecule has 190 valence electrons. The Balaban J connectivity index is 1.32. The molecule has 1 aliphatic rings. The number of nitrogens with zero attached hydrogens (tertiary/aromatic N) is 3. The third kappa shape index (κ3) is 3.30. The molecule has 40 heavy (non-hydrogen) atoms. The van der Waals surface area contributed by atoms with E-state index in [-0.39, 0.29) is 17.1 Å². The lowest BCUT2D eigenvalue weighted by Crippen LogP contribution is -2.03. The highest BCUT2D eigenvalue weighted by Gasteiger charge is 2.34. The van der Waals surface area contributed by atoms with E-state index in [0.717, 1.165) is 38.2 Å². The topological polar surface area (TPSA) is 56.9 Å². The van der Waals surface area contributed by atoms with Crippen molar-refractivity contribution in [2.45, 2.75) is 0 Å². The zero-order chi connectivity index (χ0) is 27.0. The van der Waals surface area contributed by atoms with Gasteiger partial charge in [0.25, 0.3) is 0 Å². The van der Waals surface area contributed by atoms with Gasteiger partial charge in [-0.05, 0) is 64.7 Å². The lowest BCUT2D eigenvalue weighted by molar-refractivity contribution is 0.0990. The second-order valence-electron chi connectivity index (χ2n) is 10.0. The van der Waals surface area contributed by atoms with Gasteiger partial charge >= 0.3 is 0 Å². The van der Waals surface area contributed by atoms with Crippen LogP contribution < -0.4 is 0 Å².